The van der Waals surface area contributed by atoms with Crippen molar-refractivity contribution in [1.82, 2.24) is 4.90 Å². The molecule has 0 bridgehead atoms. The van der Waals surface area contributed by atoms with Gasteiger partial charge in [0, 0.05) is 17.5 Å². The Morgan fingerprint density at radius 1 is 1.24 bits per heavy atom. The molecule has 144 valence electrons. The van der Waals surface area contributed by atoms with E-state index in [0.717, 1.165) is 17.0 Å². The summed E-state index contributed by atoms with van der Waals surface area (Å²) in [6.45, 7) is 0. The van der Waals surface area contributed by atoms with Crippen molar-refractivity contribution >= 4 is 28.3 Å². The Labute approximate surface area is 170 Å². The minimum atomic E-state index is -0.608. The number of fused-ring (bicyclic) bond motifs is 1. The molecule has 2 N–H and O–H groups in total. The average molecular weight is 405 g/mol. The van der Waals surface area contributed by atoms with Crippen LogP contribution in [-0.4, -0.2) is 22.1 Å². The zero-order chi connectivity index (χ0) is 20.5. The summed E-state index contributed by atoms with van der Waals surface area (Å²) in [5.74, 6) is 1.04. The van der Waals surface area contributed by atoms with Gasteiger partial charge in [0.25, 0.3) is 5.69 Å². The fourth-order valence-electron chi connectivity index (χ4n) is 3.17. The Bertz CT molecular complexity index is 1110. The van der Waals surface area contributed by atoms with Gasteiger partial charge in [-0.15, -0.1) is 0 Å². The van der Waals surface area contributed by atoms with Gasteiger partial charge in [-0.3, -0.25) is 15.0 Å². The van der Waals surface area contributed by atoms with Crippen LogP contribution in [0, 0.1) is 21.4 Å². The number of hydrogen-bond donors (Lipinski definition) is 1. The van der Waals surface area contributed by atoms with Gasteiger partial charge in [0.2, 0.25) is 0 Å². The number of benzene rings is 2. The monoisotopic (exact) mass is 405 g/mol. The standard InChI is InChI=1S/C20H15N5O3S/c1-28-15-8-4-12(5-9-15)17-11-29-20-23-18(16(10-21)19(22)24(17)20)13-2-6-14(7-3-13)25(26)27/h2-9,11,18H,22H2,1H3. The van der Waals surface area contributed by atoms with Gasteiger partial charge in [-0.1, -0.05) is 11.8 Å². The Balaban J connectivity index is 1.70. The van der Waals surface area contributed by atoms with Crippen molar-refractivity contribution < 1.29 is 9.66 Å². The third-order valence-electron chi connectivity index (χ3n) is 4.66. The van der Waals surface area contributed by atoms with Crippen LogP contribution in [0.3, 0.4) is 0 Å². The number of hydrogen-bond acceptors (Lipinski definition) is 8. The molecule has 2 aromatic carbocycles. The summed E-state index contributed by atoms with van der Waals surface area (Å²) in [5, 5.41) is 23.2. The van der Waals surface area contributed by atoms with Gasteiger partial charge < -0.3 is 10.5 Å². The normalized spacial score (nSPS) is 17.9. The highest BCUT2D eigenvalue weighted by molar-refractivity contribution is 8.16. The molecule has 2 aliphatic heterocycles. The van der Waals surface area contributed by atoms with E-state index in [-0.39, 0.29) is 5.69 Å². The topological polar surface area (TPSA) is 118 Å². The minimum Gasteiger partial charge on any atom is -0.497 e. The number of non-ortho nitro benzene ring substituents is 1. The predicted molar refractivity (Wildman–Crippen MR) is 110 cm³/mol. The quantitative estimate of drug-likeness (QED) is 0.608. The summed E-state index contributed by atoms with van der Waals surface area (Å²) in [5.41, 5.74) is 9.06. The molecule has 4 rings (SSSR count). The van der Waals surface area contributed by atoms with Crippen molar-refractivity contribution in [3.63, 3.8) is 0 Å². The fraction of sp³-hybridized carbons (Fsp3) is 0.100. The van der Waals surface area contributed by atoms with E-state index in [1.807, 2.05) is 29.7 Å². The third kappa shape index (κ3) is 3.19. The number of amidine groups is 1. The number of nitrogens with two attached hydrogens (primary N) is 1. The molecule has 0 aromatic heterocycles. The lowest BCUT2D eigenvalue weighted by Crippen LogP contribution is -2.33. The second-order valence-electron chi connectivity index (χ2n) is 6.26. The van der Waals surface area contributed by atoms with Crippen molar-refractivity contribution in [3.8, 4) is 11.8 Å². The minimum absolute atomic E-state index is 0.0204. The lowest BCUT2D eigenvalue weighted by atomic mass is 9.98. The first-order valence-electron chi connectivity index (χ1n) is 8.56. The van der Waals surface area contributed by atoms with Gasteiger partial charge in [0.15, 0.2) is 5.17 Å². The summed E-state index contributed by atoms with van der Waals surface area (Å²) < 4.78 is 5.20. The summed E-state index contributed by atoms with van der Waals surface area (Å²) >= 11 is 1.41. The Hall–Kier alpha value is -3.77. The van der Waals surface area contributed by atoms with E-state index in [9.17, 15) is 15.4 Å². The first-order chi connectivity index (χ1) is 14.0. The van der Waals surface area contributed by atoms with Crippen LogP contribution in [0.15, 0.2) is 70.3 Å². The Morgan fingerprint density at radius 3 is 2.52 bits per heavy atom. The molecule has 0 amide bonds. The molecule has 2 heterocycles. The molecule has 1 atom stereocenters. The number of ether oxygens (including phenoxy) is 1. The number of nitriles is 1. The van der Waals surface area contributed by atoms with Crippen LogP contribution in [0.2, 0.25) is 0 Å². The Kier molecular flexibility index (Phi) is 4.70. The van der Waals surface area contributed by atoms with Gasteiger partial charge in [-0.05, 0) is 47.5 Å². The van der Waals surface area contributed by atoms with Crippen LogP contribution in [0.4, 0.5) is 5.69 Å². The van der Waals surface area contributed by atoms with Crippen molar-refractivity contribution in [3.05, 3.63) is 86.6 Å². The van der Waals surface area contributed by atoms with E-state index in [1.54, 1.807) is 24.1 Å². The second-order valence-corrected chi connectivity index (χ2v) is 7.09. The second kappa shape index (κ2) is 7.33. The van der Waals surface area contributed by atoms with E-state index in [1.165, 1.54) is 23.9 Å². The van der Waals surface area contributed by atoms with Gasteiger partial charge in [0.1, 0.15) is 23.7 Å². The maximum atomic E-state index is 10.9. The van der Waals surface area contributed by atoms with Crippen molar-refractivity contribution in [1.29, 1.82) is 5.26 Å². The van der Waals surface area contributed by atoms with Gasteiger partial charge in [-0.2, -0.15) is 5.26 Å². The third-order valence-corrected chi connectivity index (χ3v) is 5.50. The Morgan fingerprint density at radius 2 is 1.93 bits per heavy atom. The molecule has 2 aromatic rings. The van der Waals surface area contributed by atoms with Crippen LogP contribution in [0.25, 0.3) is 5.70 Å². The summed E-state index contributed by atoms with van der Waals surface area (Å²) in [6.07, 6.45) is 0. The lowest BCUT2D eigenvalue weighted by molar-refractivity contribution is -0.384. The molecule has 29 heavy (non-hydrogen) atoms. The highest BCUT2D eigenvalue weighted by Crippen LogP contribution is 2.43. The molecule has 0 fully saturated rings. The number of methoxy groups -OCH3 is 1. The van der Waals surface area contributed by atoms with E-state index < -0.39 is 11.0 Å². The van der Waals surface area contributed by atoms with Crippen LogP contribution >= 0.6 is 11.8 Å². The van der Waals surface area contributed by atoms with E-state index in [4.69, 9.17) is 15.5 Å². The predicted octanol–water partition coefficient (Wildman–Crippen LogP) is 3.76. The SMILES string of the molecule is COc1ccc(C2=CSC3=NC(c4ccc([N+](=O)[O-])cc4)C(C#N)=C(N)N23)cc1. The van der Waals surface area contributed by atoms with Gasteiger partial charge in [0.05, 0.1) is 23.3 Å². The highest BCUT2D eigenvalue weighted by atomic mass is 32.2. The molecule has 0 saturated heterocycles. The number of nitro benzene ring substituents is 1. The highest BCUT2D eigenvalue weighted by Gasteiger charge is 2.35. The summed E-state index contributed by atoms with van der Waals surface area (Å²) in [4.78, 5) is 16.9. The van der Waals surface area contributed by atoms with E-state index >= 15 is 0 Å². The first-order valence-corrected chi connectivity index (χ1v) is 9.44. The van der Waals surface area contributed by atoms with Crippen LogP contribution in [0.1, 0.15) is 17.2 Å². The first kappa shape index (κ1) is 18.6. The summed E-state index contributed by atoms with van der Waals surface area (Å²) in [7, 11) is 1.60. The van der Waals surface area contributed by atoms with Crippen LogP contribution in [-0.2, 0) is 0 Å². The van der Waals surface area contributed by atoms with E-state index in [2.05, 4.69) is 6.07 Å². The molecule has 9 heteroatoms. The fourth-order valence-corrected chi connectivity index (χ4v) is 4.10. The number of nitro groups is 1. The van der Waals surface area contributed by atoms with Crippen LogP contribution < -0.4 is 10.5 Å². The average Bonchev–Trinajstić information content (AvgIpc) is 3.18. The number of nitrogens with zero attached hydrogens (tertiary/aromatic N) is 4. The van der Waals surface area contributed by atoms with Gasteiger partial charge in [-0.25, -0.2) is 4.99 Å². The molecule has 2 aliphatic rings. The maximum absolute atomic E-state index is 10.9. The van der Waals surface area contributed by atoms with E-state index in [0.29, 0.717) is 22.1 Å². The largest absolute Gasteiger partial charge is 0.497 e. The smallest absolute Gasteiger partial charge is 0.269 e. The molecular formula is C20H15N5O3S. The molecular weight excluding hydrogens is 390 g/mol. The molecule has 0 spiro atoms. The number of aliphatic imine (C=N–C) groups is 1. The van der Waals surface area contributed by atoms with Crippen LogP contribution in [0.5, 0.6) is 5.75 Å². The van der Waals surface area contributed by atoms with Crippen molar-refractivity contribution in [2.24, 2.45) is 10.7 Å². The number of thioether (sulfide) groups is 1. The van der Waals surface area contributed by atoms with Crippen molar-refractivity contribution in [2.75, 3.05) is 7.11 Å². The molecule has 8 nitrogen and oxygen atoms in total. The molecule has 1 unspecified atom stereocenters. The summed E-state index contributed by atoms with van der Waals surface area (Å²) in [6, 6.07) is 15.1. The zero-order valence-corrected chi connectivity index (χ0v) is 16.1. The van der Waals surface area contributed by atoms with Gasteiger partial charge >= 0.3 is 0 Å². The molecule has 0 aliphatic carbocycles. The molecule has 0 saturated carbocycles. The lowest BCUT2D eigenvalue weighted by Gasteiger charge is -2.30. The number of rotatable bonds is 4. The molecule has 0 radical (unpaired) electrons. The zero-order valence-electron chi connectivity index (χ0n) is 15.3. The maximum Gasteiger partial charge on any atom is 0.269 e. The van der Waals surface area contributed by atoms with Crippen molar-refractivity contribution in [2.45, 2.75) is 6.04 Å².